The summed E-state index contributed by atoms with van der Waals surface area (Å²) in [5.41, 5.74) is -2.64. The van der Waals surface area contributed by atoms with E-state index in [-0.39, 0.29) is 148 Å². The Hall–Kier alpha value is -7.20. The minimum Gasteiger partial charge on any atom is -0.480 e. The van der Waals surface area contributed by atoms with Crippen molar-refractivity contribution in [3.63, 3.8) is 0 Å². The van der Waals surface area contributed by atoms with Crippen molar-refractivity contribution in [2.45, 2.75) is 228 Å². The number of ether oxygens (including phenoxy) is 5. The van der Waals surface area contributed by atoms with Crippen LogP contribution in [0.3, 0.4) is 0 Å². The van der Waals surface area contributed by atoms with E-state index in [0.717, 1.165) is 30.3 Å². The van der Waals surface area contributed by atoms with Crippen molar-refractivity contribution in [1.29, 1.82) is 0 Å². The third-order valence-corrected chi connectivity index (χ3v) is 20.5. The molecule has 0 aromatic heterocycles. The molecule has 36 nitrogen and oxygen atoms in total. The normalized spacial score (nSPS) is 17.7. The number of anilines is 2. The molecule has 1 unspecified atom stereocenters. The molecule has 699 valence electrons. The van der Waals surface area contributed by atoms with Crippen LogP contribution in [0.1, 0.15) is 192 Å². The number of rotatable bonds is 29. The van der Waals surface area contributed by atoms with Gasteiger partial charge in [-0.15, -0.1) is 0 Å². The average molecular weight is 1890 g/mol. The zero-order valence-electron chi connectivity index (χ0n) is 76.3. The summed E-state index contributed by atoms with van der Waals surface area (Å²) >= 11 is 0. The molecule has 37 heteroatoms. The Balaban J connectivity index is 0.0000195. The van der Waals surface area contributed by atoms with Gasteiger partial charge in [0.15, 0.2) is 0 Å². The first-order chi connectivity index (χ1) is 56.8. The minimum absolute atomic E-state index is 0. The van der Waals surface area contributed by atoms with Crippen molar-refractivity contribution in [3.05, 3.63) is 55.8 Å². The van der Waals surface area contributed by atoms with Gasteiger partial charge in [0.1, 0.15) is 51.7 Å². The molecular weight excluding hydrogens is 1740 g/mol. The Labute approximate surface area is 761 Å². The van der Waals surface area contributed by atoms with Crippen LogP contribution >= 0.6 is 0 Å². The monoisotopic (exact) mass is 1890 g/mol. The summed E-state index contributed by atoms with van der Waals surface area (Å²) in [6.07, 6.45) is 4.83. The second-order valence-corrected chi connectivity index (χ2v) is 36.9. The predicted octanol–water partition coefficient (Wildman–Crippen LogP) is 6.94. The van der Waals surface area contributed by atoms with E-state index >= 15 is 0 Å². The van der Waals surface area contributed by atoms with E-state index in [2.05, 4.69) is 54.9 Å². The molecule has 2 aromatic carbocycles. The number of nitrogens with zero attached hydrogens (tertiary/aromatic N) is 12. The molecule has 8 N–H and O–H groups in total. The molecule has 0 saturated carbocycles. The van der Waals surface area contributed by atoms with Crippen LogP contribution in [-0.2, 0) is 60.7 Å². The molecule has 1 atom stereocenters. The van der Waals surface area contributed by atoms with E-state index < -0.39 is 93.3 Å². The third-order valence-electron chi connectivity index (χ3n) is 20.5. The fraction of sp³-hybridized carbons (Fsp3) is 0.767. The number of hydrogen-bond donors (Lipinski definition) is 6. The van der Waals surface area contributed by atoms with E-state index in [9.17, 15) is 72.9 Å². The molecule has 3 saturated heterocycles. The summed E-state index contributed by atoms with van der Waals surface area (Å²) in [6, 6.07) is 7.52. The first-order valence-electron chi connectivity index (χ1n) is 43.6. The molecule has 2 aromatic rings. The number of unbranched alkanes of at least 4 members (excludes halogenated alkanes) is 3. The number of carbonyl (C=O) groups is 10. The Morgan fingerprint density at radius 2 is 0.707 bits per heavy atom. The first-order valence-corrected chi connectivity index (χ1v) is 43.6. The Morgan fingerprint density at radius 3 is 1.08 bits per heavy atom. The van der Waals surface area contributed by atoms with Crippen LogP contribution in [0.15, 0.2) is 33.9 Å². The number of carboxylic acids is 3. The molecule has 3 fully saturated rings. The van der Waals surface area contributed by atoms with Gasteiger partial charge in [0.05, 0.1) is 19.6 Å². The van der Waals surface area contributed by atoms with Gasteiger partial charge < -0.3 is 94.6 Å². The van der Waals surface area contributed by atoms with E-state index in [0.29, 0.717) is 195 Å². The number of aliphatic carboxylic acids is 3. The van der Waals surface area contributed by atoms with Crippen molar-refractivity contribution in [1.82, 2.24) is 64.1 Å². The summed E-state index contributed by atoms with van der Waals surface area (Å²) in [5, 5.41) is 38.8. The first kappa shape index (κ1) is 110. The maximum Gasteiger partial charge on any atom is 3.00 e. The largest absolute Gasteiger partial charge is 3.00 e. The molecule has 6 amide bonds. The molecule has 3 heterocycles. The van der Waals surface area contributed by atoms with Gasteiger partial charge in [0, 0.05) is 183 Å². The molecule has 123 heavy (non-hydrogen) atoms. The van der Waals surface area contributed by atoms with Crippen LogP contribution in [0.25, 0.3) is 0 Å². The van der Waals surface area contributed by atoms with Gasteiger partial charge in [0.25, 0.3) is 10.9 Å². The standard InChI is InChI=1S/C86H147N15O20.Gd.H2O/c1-82(2,3)117-77(112)97-40-24-41-98(78(113)118-83(4,5)6)56-51-92(62-66-28-30-67(31-29-66)63-93-38-23-39-100(80(115)120-85(10,11)12)58-59-101(81(116)121-86(13,14)15)43-25-42-99(57-52-93)79(114)119-84(7,8)9)37-22-36-90(49-55-97)35-20-17-27-69(103)87-32-18-16-19-33-88-72-73(75(109)74(72)108)89-34-21-26-68(76(110)111)96-53-48-91(60-61-102)44-45-94(64-70(104)105)46-47-95(50-54-96)65-71(106)107;;/h28-31,61,68,88-89H,16-27,32-60,62-65H2,1-15H3,(H,87,103)(H,104,105)(H,106,107)(H,110,111);;1H2/q;+3;. The number of carbonyl (C=O) groups excluding carboxylic acids is 7. The Bertz CT molecular complexity index is 3630. The number of nitrogens with one attached hydrogen (secondary N) is 3. The van der Waals surface area contributed by atoms with E-state index in [1.165, 1.54) is 0 Å². The van der Waals surface area contributed by atoms with Crippen LogP contribution < -0.4 is 26.8 Å². The van der Waals surface area contributed by atoms with Crippen molar-refractivity contribution < 1.29 is 132 Å². The van der Waals surface area contributed by atoms with Gasteiger partial charge in [-0.25, -0.2) is 24.0 Å². The average Bonchev–Trinajstić information content (AvgIpc) is 0.783. The van der Waals surface area contributed by atoms with Crippen LogP contribution in [0.2, 0.25) is 0 Å². The Morgan fingerprint density at radius 1 is 0.390 bits per heavy atom. The van der Waals surface area contributed by atoms with Gasteiger partial charge in [-0.1, -0.05) is 24.3 Å². The molecule has 5 rings (SSSR count). The zero-order chi connectivity index (χ0) is 89.7. The smallest absolute Gasteiger partial charge is 0.480 e. The zero-order valence-corrected chi connectivity index (χ0v) is 78.6. The molecular formula is C86H149GdN15O21+3. The Kier molecular flexibility index (Phi) is 49.0. The van der Waals surface area contributed by atoms with Crippen molar-refractivity contribution in [2.75, 3.05) is 214 Å². The van der Waals surface area contributed by atoms with Gasteiger partial charge in [-0.2, -0.15) is 0 Å². The third kappa shape index (κ3) is 45.7. The van der Waals surface area contributed by atoms with Crippen LogP contribution in [0.5, 0.6) is 0 Å². The number of amides is 6. The SMILES string of the molecule is CC(C)(C)OC(=O)N1CCCN(C(=O)OC(C)(C)C)CCN(Cc2ccc(CN3CCCN(C(=O)OC(C)(C)C)CCN(C(=O)OC(C)(C)C)CCCN(C(=O)OC(C)(C)C)CC3)cc2)CCCN(CCCCC(=O)NCCCCCNc2c(NCCCC(C(=O)O)N3CCN(CC=O)CCN(CC(=O)O)CCN(CC(=O)O)CC3)c(=O)c2=O)CC1.O.[Gd+3]. The summed E-state index contributed by atoms with van der Waals surface area (Å²) < 4.78 is 29.5. The quantitative estimate of drug-likeness (QED) is 0.0208. The summed E-state index contributed by atoms with van der Waals surface area (Å²) in [6.45, 7) is 38.4. The fourth-order valence-corrected chi connectivity index (χ4v) is 14.3. The molecule has 0 aliphatic carbocycles. The molecule has 1 radical (unpaired) electrons. The number of aldehydes is 1. The number of benzene rings is 1. The molecule has 3 aliphatic heterocycles. The predicted molar refractivity (Wildman–Crippen MR) is 466 cm³/mol. The van der Waals surface area contributed by atoms with Gasteiger partial charge in [-0.3, -0.25) is 58.2 Å². The molecule has 0 spiro atoms. The summed E-state index contributed by atoms with van der Waals surface area (Å²) in [4.78, 5) is 178. The van der Waals surface area contributed by atoms with Crippen LogP contribution in [0, 0.1) is 39.9 Å². The van der Waals surface area contributed by atoms with Gasteiger partial charge >= 0.3 is 88.3 Å². The van der Waals surface area contributed by atoms with E-state index in [1.807, 2.05) is 88.0 Å². The van der Waals surface area contributed by atoms with Crippen LogP contribution in [-0.4, -0.2) is 377 Å². The van der Waals surface area contributed by atoms with Crippen molar-refractivity contribution >= 4 is 71.9 Å². The summed E-state index contributed by atoms with van der Waals surface area (Å²) in [5.74, 6) is -3.28. The minimum atomic E-state index is -1.10. The van der Waals surface area contributed by atoms with Gasteiger partial charge in [-0.05, 0) is 205 Å². The number of hydrogen-bond acceptors (Lipinski definition) is 26. The van der Waals surface area contributed by atoms with Crippen LogP contribution in [0.4, 0.5) is 35.3 Å². The van der Waals surface area contributed by atoms with E-state index in [4.69, 9.17) is 23.7 Å². The maximum atomic E-state index is 14.0. The second kappa shape index (κ2) is 54.7. The topological polar surface area (TPSA) is 418 Å². The maximum absolute atomic E-state index is 14.0. The van der Waals surface area contributed by atoms with Gasteiger partial charge in [0.2, 0.25) is 5.91 Å². The molecule has 0 bridgehead atoms. The number of carboxylic acid groups (broad SMARTS) is 3. The van der Waals surface area contributed by atoms with E-state index in [1.54, 1.807) is 60.0 Å². The second-order valence-electron chi connectivity index (χ2n) is 36.9. The fourth-order valence-electron chi connectivity index (χ4n) is 14.3. The summed E-state index contributed by atoms with van der Waals surface area (Å²) in [7, 11) is 0. The van der Waals surface area contributed by atoms with Crippen molar-refractivity contribution in [3.8, 4) is 0 Å². The van der Waals surface area contributed by atoms with Crippen molar-refractivity contribution in [2.24, 2.45) is 0 Å². The molecule has 3 aliphatic rings.